The van der Waals surface area contributed by atoms with E-state index in [-0.39, 0.29) is 88.2 Å². The maximum absolute atomic E-state index is 11.7. The third-order valence-electron chi connectivity index (χ3n) is 4.16. The van der Waals surface area contributed by atoms with Gasteiger partial charge < -0.3 is 29.8 Å². The molecule has 184 valence electrons. The summed E-state index contributed by atoms with van der Waals surface area (Å²) in [4.78, 5) is 21.9. The Bertz CT molecular complexity index is 1230. The van der Waals surface area contributed by atoms with Crippen LogP contribution in [0, 0.1) is 0 Å². The molecule has 2 rings (SSSR count). The molecule has 0 fully saturated rings. The number of ether oxygens (including phenoxy) is 1. The fourth-order valence-corrected chi connectivity index (χ4v) is 4.17. The summed E-state index contributed by atoms with van der Waals surface area (Å²) in [7, 11) is -8.68. The molecule has 0 saturated carbocycles. The second-order valence-electron chi connectivity index (χ2n) is 6.71. The van der Waals surface area contributed by atoms with E-state index in [1.54, 1.807) is 6.92 Å². The number of carbonyl (C=O) groups excluding carboxylic acids is 2. The van der Waals surface area contributed by atoms with Gasteiger partial charge in [-0.2, -0.15) is 0 Å². The summed E-state index contributed by atoms with van der Waals surface area (Å²) in [5.41, 5.74) is -0.157. The van der Waals surface area contributed by atoms with Gasteiger partial charge in [-0.15, -0.1) is 0 Å². The van der Waals surface area contributed by atoms with Crippen LogP contribution < -0.4 is 75.1 Å². The summed E-state index contributed by atoms with van der Waals surface area (Å²) in [5, 5.41) is 7.18. The number of urea groups is 1. The summed E-state index contributed by atoms with van der Waals surface area (Å²) in [6.45, 7) is 1.70. The van der Waals surface area contributed by atoms with Crippen LogP contribution in [0.4, 0.5) is 16.2 Å². The van der Waals surface area contributed by atoms with Gasteiger partial charge in [0.2, 0.25) is 5.91 Å². The van der Waals surface area contributed by atoms with Crippen molar-refractivity contribution >= 4 is 55.7 Å². The number of nitrogens with one attached hydrogen (secondary N) is 3. The second-order valence-corrected chi connectivity index (χ2v) is 9.41. The number of methoxy groups -OCH3 is 1. The van der Waals surface area contributed by atoms with Crippen LogP contribution in [0.15, 0.2) is 46.2 Å². The van der Waals surface area contributed by atoms with Crippen molar-refractivity contribution in [3.05, 3.63) is 47.5 Å². The second kappa shape index (κ2) is 15.2. The van der Waals surface area contributed by atoms with Crippen LogP contribution in [0.3, 0.4) is 0 Å². The van der Waals surface area contributed by atoms with Crippen LogP contribution >= 0.6 is 0 Å². The van der Waals surface area contributed by atoms with Gasteiger partial charge in [0.15, 0.2) is 0 Å². The summed E-state index contributed by atoms with van der Waals surface area (Å²) >= 11 is 0. The van der Waals surface area contributed by atoms with E-state index in [4.69, 9.17) is 0 Å². The van der Waals surface area contributed by atoms with Crippen LogP contribution in [0.1, 0.15) is 18.1 Å². The van der Waals surface area contributed by atoms with Gasteiger partial charge in [0.1, 0.15) is 26.8 Å². The van der Waals surface area contributed by atoms with Crippen molar-refractivity contribution in [2.45, 2.75) is 16.7 Å². The van der Waals surface area contributed by atoms with Crippen LogP contribution in [-0.2, 0) is 29.8 Å². The molecule has 3 N–H and O–H groups in total. The molecule has 0 atom stereocenters. The normalized spacial score (nSPS) is 11.2. The number of amides is 3. The third kappa shape index (κ3) is 10.6. The van der Waals surface area contributed by atoms with Gasteiger partial charge in [-0.25, -0.2) is 21.6 Å². The Hall–Kier alpha value is -1.30. The number of anilines is 2. The quantitative estimate of drug-likeness (QED) is 0.155. The molecule has 2 aromatic rings. The molecule has 0 aliphatic rings. The van der Waals surface area contributed by atoms with Gasteiger partial charge in [-0.3, -0.25) is 4.79 Å². The monoisotopic (exact) mass is 557 g/mol. The first-order valence-electron chi connectivity index (χ1n) is 9.56. The molecule has 0 bridgehead atoms. The number of hydrogen-bond acceptors (Lipinski definition) is 9. The van der Waals surface area contributed by atoms with E-state index in [0.717, 1.165) is 24.3 Å². The Morgan fingerprint density at radius 3 is 1.69 bits per heavy atom. The van der Waals surface area contributed by atoms with E-state index in [1.165, 1.54) is 31.4 Å². The van der Waals surface area contributed by atoms with Crippen LogP contribution in [0.5, 0.6) is 0 Å². The smallest absolute Gasteiger partial charge is 0.744 e. The van der Waals surface area contributed by atoms with Gasteiger partial charge in [-0.05, 0) is 42.3 Å². The fourth-order valence-electron chi connectivity index (χ4n) is 2.78. The largest absolute Gasteiger partial charge is 1.00 e. The maximum Gasteiger partial charge on any atom is 1.00 e. The minimum atomic E-state index is -4.99. The van der Waals surface area contributed by atoms with Gasteiger partial charge >= 0.3 is 65.1 Å². The summed E-state index contributed by atoms with van der Waals surface area (Å²) in [6.07, 6.45) is 2.26. The molecule has 3 amide bonds. The van der Waals surface area contributed by atoms with Gasteiger partial charge in [0.05, 0.1) is 9.79 Å². The molecule has 16 heteroatoms. The van der Waals surface area contributed by atoms with Crippen LogP contribution in [0.2, 0.25) is 0 Å². The first-order chi connectivity index (χ1) is 15.8. The van der Waals surface area contributed by atoms with Crippen LogP contribution in [-0.4, -0.2) is 58.1 Å². The molecule has 0 saturated heterocycles. The average molecular weight is 558 g/mol. The van der Waals surface area contributed by atoms with Gasteiger partial charge in [0, 0.05) is 25.0 Å². The van der Waals surface area contributed by atoms with Crippen molar-refractivity contribution < 1.29 is 99.4 Å². The molecule has 0 aromatic heterocycles. The molecule has 0 radical (unpaired) electrons. The Labute approximate surface area is 253 Å². The average Bonchev–Trinajstić information content (AvgIpc) is 2.72. The zero-order valence-electron chi connectivity index (χ0n) is 20.0. The Kier molecular flexibility index (Phi) is 14.6. The molecule has 2 aromatic carbocycles. The van der Waals surface area contributed by atoms with E-state index in [2.05, 4.69) is 20.7 Å². The first kappa shape index (κ1) is 34.7. The van der Waals surface area contributed by atoms with Crippen molar-refractivity contribution in [1.82, 2.24) is 5.32 Å². The van der Waals surface area contributed by atoms with Gasteiger partial charge in [0.25, 0.3) is 0 Å². The molecule has 0 unspecified atom stereocenters. The molecular weight excluding hydrogens is 536 g/mol. The topological polar surface area (TPSA) is 194 Å². The number of hydrogen-bond donors (Lipinski definition) is 3. The Morgan fingerprint density at radius 2 is 1.31 bits per heavy atom. The van der Waals surface area contributed by atoms with E-state index in [0.29, 0.717) is 6.54 Å². The molecular formula is C20H21N3Na2O9S2. The van der Waals surface area contributed by atoms with Gasteiger partial charge in [-0.1, -0.05) is 24.3 Å². The van der Waals surface area contributed by atoms with Crippen molar-refractivity contribution in [3.63, 3.8) is 0 Å². The zero-order chi connectivity index (χ0) is 25.5. The van der Waals surface area contributed by atoms with Crippen molar-refractivity contribution in [2.75, 3.05) is 30.9 Å². The SMILES string of the molecule is CCNC(=O)Nc1ccc(/C=C/c2ccc(NC(=O)COC)cc2S(=O)(=O)[O-])c(S(=O)(=O)[O-])c1.[Na+].[Na+]. The van der Waals surface area contributed by atoms with E-state index in [1.807, 2.05) is 0 Å². The zero-order valence-corrected chi connectivity index (χ0v) is 25.7. The molecule has 36 heavy (non-hydrogen) atoms. The molecule has 0 heterocycles. The summed E-state index contributed by atoms with van der Waals surface area (Å²) < 4.78 is 75.1. The van der Waals surface area contributed by atoms with E-state index < -0.39 is 42.0 Å². The van der Waals surface area contributed by atoms with E-state index in [9.17, 15) is 35.5 Å². The van der Waals surface area contributed by atoms with E-state index >= 15 is 0 Å². The van der Waals surface area contributed by atoms with Crippen LogP contribution in [0.25, 0.3) is 12.2 Å². The number of rotatable bonds is 9. The van der Waals surface area contributed by atoms with Crippen molar-refractivity contribution in [2.24, 2.45) is 0 Å². The summed E-state index contributed by atoms with van der Waals surface area (Å²) in [6, 6.07) is 6.41. The molecule has 0 spiro atoms. The molecule has 12 nitrogen and oxygen atoms in total. The predicted molar refractivity (Wildman–Crippen MR) is 121 cm³/mol. The maximum atomic E-state index is 11.7. The third-order valence-corrected chi connectivity index (χ3v) is 5.95. The number of benzene rings is 2. The summed E-state index contributed by atoms with van der Waals surface area (Å²) in [5.74, 6) is -0.577. The fraction of sp³-hybridized carbons (Fsp3) is 0.200. The minimum Gasteiger partial charge on any atom is -0.744 e. The number of carbonyl (C=O) groups is 2. The Balaban J connectivity index is 0.00000612. The molecule has 0 aliphatic heterocycles. The molecule has 0 aliphatic carbocycles. The van der Waals surface area contributed by atoms with Crippen molar-refractivity contribution in [3.8, 4) is 0 Å². The Morgan fingerprint density at radius 1 is 0.861 bits per heavy atom. The first-order valence-corrected chi connectivity index (χ1v) is 12.4. The minimum absolute atomic E-state index is 0. The van der Waals surface area contributed by atoms with Crippen molar-refractivity contribution in [1.29, 1.82) is 0 Å². The standard InChI is InChI=1S/C20H23N3O9S2.2Na/c1-3-21-20(25)23-16-9-7-14(18(11-16)34(29,30)31)5-4-13-6-8-15(22-19(24)12-32-2)10-17(13)33(26,27)28;;/h4-11H,3,12H2,1-2H3,(H,22,24)(H2,21,23,25)(H,26,27,28)(H,29,30,31);;/q;2*+1/p-2/b5-4+;;. The predicted octanol–water partition coefficient (Wildman–Crippen LogP) is -4.60.